The minimum atomic E-state index is -4.38. The summed E-state index contributed by atoms with van der Waals surface area (Å²) in [5.74, 6) is 0. The first-order valence-electron chi connectivity index (χ1n) is 7.33. The predicted octanol–water partition coefficient (Wildman–Crippen LogP) is 2.51. The van der Waals surface area contributed by atoms with Gasteiger partial charge in [0.2, 0.25) is 0 Å². The summed E-state index contributed by atoms with van der Waals surface area (Å²) in [5, 5.41) is 9.32. The van der Waals surface area contributed by atoms with E-state index in [1.807, 2.05) is 60.7 Å². The number of rotatable bonds is 8. The zero-order valence-corrected chi connectivity index (χ0v) is 15.5. The molecule has 0 aliphatic carbocycles. The van der Waals surface area contributed by atoms with E-state index in [9.17, 15) is 13.0 Å². The molecule has 0 aliphatic rings. The van der Waals surface area contributed by atoms with Gasteiger partial charge in [0.1, 0.15) is 0 Å². The van der Waals surface area contributed by atoms with E-state index in [2.05, 4.69) is 4.97 Å². The van der Waals surface area contributed by atoms with Gasteiger partial charge in [0.05, 0.1) is 0 Å². The molecule has 0 heterocycles. The van der Waals surface area contributed by atoms with E-state index in [1.165, 1.54) is 0 Å². The first kappa shape index (κ1) is 18.7. The van der Waals surface area contributed by atoms with Crippen LogP contribution in [0.15, 0.2) is 60.7 Å². The topological polar surface area (TPSA) is 81.4 Å². The van der Waals surface area contributed by atoms with E-state index in [0.717, 1.165) is 15.4 Å². The Morgan fingerprint density at radius 1 is 1.04 bits per heavy atom. The van der Waals surface area contributed by atoms with Crippen LogP contribution in [0.5, 0.6) is 0 Å². The van der Waals surface area contributed by atoms with Crippen LogP contribution in [-0.2, 0) is 23.3 Å². The molecule has 0 amide bonds. The zero-order chi connectivity index (χ0) is 17.4. The molecular formula is C17H18N2O3SSe. The molecule has 24 heavy (non-hydrogen) atoms. The molecule has 2 aromatic carbocycles. The summed E-state index contributed by atoms with van der Waals surface area (Å²) in [5.41, 5.74) is 1.76. The van der Waals surface area contributed by atoms with Gasteiger partial charge < -0.3 is 0 Å². The predicted molar refractivity (Wildman–Crippen MR) is 93.6 cm³/mol. The number of nitrogens with zero attached hydrogens (tertiary/aromatic N) is 2. The van der Waals surface area contributed by atoms with Gasteiger partial charge in [-0.05, 0) is 0 Å². The number of hydrogen-bond donors (Lipinski definition) is 1. The number of benzene rings is 2. The molecule has 0 saturated carbocycles. The van der Waals surface area contributed by atoms with Crippen molar-refractivity contribution < 1.29 is 13.0 Å². The van der Waals surface area contributed by atoms with Gasteiger partial charge in [-0.1, -0.05) is 0 Å². The van der Waals surface area contributed by atoms with Crippen molar-refractivity contribution in [2.75, 3.05) is 0 Å². The molecule has 1 N–H and O–H groups in total. The molecule has 126 valence electrons. The van der Waals surface area contributed by atoms with Crippen LogP contribution in [0.3, 0.4) is 0 Å². The molecule has 0 unspecified atom stereocenters. The van der Waals surface area contributed by atoms with Crippen molar-refractivity contribution in [3.05, 3.63) is 71.8 Å². The van der Waals surface area contributed by atoms with Crippen LogP contribution < -0.4 is 0 Å². The second-order valence-electron chi connectivity index (χ2n) is 5.25. The quantitative estimate of drug-likeness (QED) is 0.537. The van der Waals surface area contributed by atoms with E-state index in [4.69, 9.17) is 5.26 Å². The molecule has 2 rings (SSSR count). The van der Waals surface area contributed by atoms with Gasteiger partial charge in [-0.2, -0.15) is 0 Å². The van der Waals surface area contributed by atoms with E-state index in [0.29, 0.717) is 11.7 Å². The maximum absolute atomic E-state index is 11.9. The second-order valence-corrected chi connectivity index (χ2v) is 8.31. The molecule has 0 spiro atoms. The standard InChI is InChI=1S/C17H18N2O3SSe/c18-14-24-13-17(11-15-7-3-1-4-8-15)19(23(20,21)22)12-16-9-5-2-6-10-16/h1-10,17H,11-13H2,(H,20,21,22)/t17-/m0/s1. The molecule has 2 aromatic rings. The average Bonchev–Trinajstić information content (AvgIpc) is 2.57. The fraction of sp³-hybridized carbons (Fsp3) is 0.235. The molecule has 0 bridgehead atoms. The van der Waals surface area contributed by atoms with Crippen molar-refractivity contribution in [2.45, 2.75) is 24.3 Å². The monoisotopic (exact) mass is 410 g/mol. The molecule has 0 aromatic heterocycles. The molecular weight excluding hydrogens is 391 g/mol. The van der Waals surface area contributed by atoms with Crippen LogP contribution in [0.2, 0.25) is 5.32 Å². The van der Waals surface area contributed by atoms with E-state index >= 15 is 0 Å². The van der Waals surface area contributed by atoms with Gasteiger partial charge in [-0.3, -0.25) is 0 Å². The normalized spacial score (nSPS) is 12.7. The zero-order valence-electron chi connectivity index (χ0n) is 12.9. The van der Waals surface area contributed by atoms with Crippen molar-refractivity contribution in [3.63, 3.8) is 0 Å². The van der Waals surface area contributed by atoms with Crippen LogP contribution >= 0.6 is 0 Å². The Bertz CT molecular complexity index is 776. The van der Waals surface area contributed by atoms with E-state index in [-0.39, 0.29) is 21.5 Å². The average molecular weight is 409 g/mol. The second kappa shape index (κ2) is 8.97. The fourth-order valence-electron chi connectivity index (χ4n) is 2.43. The van der Waals surface area contributed by atoms with Crippen LogP contribution in [0.25, 0.3) is 0 Å². The molecule has 0 saturated heterocycles. The van der Waals surface area contributed by atoms with Crippen LogP contribution in [0.1, 0.15) is 11.1 Å². The number of hydrogen-bond acceptors (Lipinski definition) is 3. The van der Waals surface area contributed by atoms with Gasteiger partial charge in [-0.15, -0.1) is 0 Å². The summed E-state index contributed by atoms with van der Waals surface area (Å²) in [7, 11) is -4.38. The fourth-order valence-corrected chi connectivity index (χ4v) is 4.66. The summed E-state index contributed by atoms with van der Waals surface area (Å²) in [6, 6.07) is 18.2. The Hall–Kier alpha value is -1.68. The van der Waals surface area contributed by atoms with Gasteiger partial charge >= 0.3 is 149 Å². The van der Waals surface area contributed by atoms with Gasteiger partial charge in [-0.25, -0.2) is 0 Å². The third-order valence-electron chi connectivity index (χ3n) is 3.54. The van der Waals surface area contributed by atoms with Crippen molar-refractivity contribution in [1.29, 1.82) is 5.26 Å². The Kier molecular flexibility index (Phi) is 6.98. The Labute approximate surface area is 149 Å². The minimum absolute atomic E-state index is 0.0820. The molecule has 0 fully saturated rings. The van der Waals surface area contributed by atoms with Gasteiger partial charge in [0, 0.05) is 0 Å². The Morgan fingerprint density at radius 3 is 2.08 bits per heavy atom. The van der Waals surface area contributed by atoms with Gasteiger partial charge in [0.25, 0.3) is 0 Å². The van der Waals surface area contributed by atoms with Gasteiger partial charge in [0.15, 0.2) is 0 Å². The summed E-state index contributed by atoms with van der Waals surface area (Å²) in [6.45, 7) is 0.0820. The van der Waals surface area contributed by atoms with Crippen molar-refractivity contribution in [1.82, 2.24) is 4.31 Å². The summed E-state index contributed by atoms with van der Waals surface area (Å²) < 4.78 is 34.7. The van der Waals surface area contributed by atoms with E-state index in [1.54, 1.807) is 0 Å². The Balaban J connectivity index is 2.28. The molecule has 7 heteroatoms. The van der Waals surface area contributed by atoms with Crippen molar-refractivity contribution in [2.24, 2.45) is 0 Å². The van der Waals surface area contributed by atoms with Crippen LogP contribution in [-0.4, -0.2) is 38.3 Å². The Morgan fingerprint density at radius 2 is 1.58 bits per heavy atom. The van der Waals surface area contributed by atoms with Crippen LogP contribution in [0, 0.1) is 10.2 Å². The van der Waals surface area contributed by atoms with Crippen molar-refractivity contribution in [3.8, 4) is 4.97 Å². The molecule has 1 atom stereocenters. The summed E-state index contributed by atoms with van der Waals surface area (Å²) >= 11 is -0.348. The van der Waals surface area contributed by atoms with Crippen LogP contribution in [0.4, 0.5) is 0 Å². The first-order valence-corrected chi connectivity index (χ1v) is 10.8. The SMILES string of the molecule is N#C[Se]C[C@H](Cc1ccccc1)N(Cc1ccccc1)S(=O)(=O)O. The third kappa shape index (κ3) is 5.75. The summed E-state index contributed by atoms with van der Waals surface area (Å²) in [4.78, 5) is 2.11. The molecule has 0 aliphatic heterocycles. The third-order valence-corrected chi connectivity index (χ3v) is 5.99. The maximum atomic E-state index is 11.9. The van der Waals surface area contributed by atoms with Crippen molar-refractivity contribution >= 4 is 25.3 Å². The first-order chi connectivity index (χ1) is 11.5. The summed E-state index contributed by atoms with van der Waals surface area (Å²) in [6.07, 6.45) is 0.455. The molecule has 5 nitrogen and oxygen atoms in total. The van der Waals surface area contributed by atoms with E-state index < -0.39 is 16.3 Å². The molecule has 0 radical (unpaired) electrons. The number of nitriles is 1.